The second-order valence-electron chi connectivity index (χ2n) is 6.87. The van der Waals surface area contributed by atoms with Crippen molar-refractivity contribution in [2.45, 2.75) is 32.2 Å². The first kappa shape index (κ1) is 16.5. The molecule has 7 heteroatoms. The number of nitrogens with zero attached hydrogens (tertiary/aromatic N) is 4. The fourth-order valence-electron chi connectivity index (χ4n) is 3.57. The molecule has 0 atom stereocenters. The number of carbonyl (C=O) groups is 1. The molecule has 0 radical (unpaired) electrons. The number of carbonyl (C=O) groups excluding carboxylic acids is 1. The molecular formula is C19H21N5O2. The summed E-state index contributed by atoms with van der Waals surface area (Å²) in [6.45, 7) is 3.62. The summed E-state index contributed by atoms with van der Waals surface area (Å²) in [6, 6.07) is 5.76. The summed E-state index contributed by atoms with van der Waals surface area (Å²) in [6.07, 6.45) is 6.93. The van der Waals surface area contributed by atoms with Crippen LogP contribution in [0, 0.1) is 6.92 Å². The molecule has 26 heavy (non-hydrogen) atoms. The second-order valence-corrected chi connectivity index (χ2v) is 6.87. The topological polar surface area (TPSA) is 83.9 Å². The molecule has 0 aliphatic carbocycles. The maximum atomic E-state index is 12.4. The molecule has 4 rings (SSSR count). The lowest BCUT2D eigenvalue weighted by molar-refractivity contribution is -0.133. The number of piperidine rings is 1. The van der Waals surface area contributed by atoms with Crippen LogP contribution in [0.4, 0.5) is 0 Å². The number of aromatic nitrogens is 4. The highest BCUT2D eigenvalue weighted by molar-refractivity contribution is 5.78. The summed E-state index contributed by atoms with van der Waals surface area (Å²) in [5.74, 6) is 0.339. The van der Waals surface area contributed by atoms with Crippen molar-refractivity contribution in [3.8, 4) is 0 Å². The predicted octanol–water partition coefficient (Wildman–Crippen LogP) is 1.83. The van der Waals surface area contributed by atoms with Gasteiger partial charge in [-0.05, 0) is 37.5 Å². The Morgan fingerprint density at radius 2 is 2.15 bits per heavy atom. The molecule has 1 fully saturated rings. The Hall–Kier alpha value is -2.96. The molecule has 1 saturated heterocycles. The Kier molecular flexibility index (Phi) is 4.28. The molecule has 0 unspecified atom stereocenters. The molecule has 0 spiro atoms. The van der Waals surface area contributed by atoms with E-state index in [-0.39, 0.29) is 23.9 Å². The Balaban J connectivity index is 1.43. The third-order valence-corrected chi connectivity index (χ3v) is 4.97. The van der Waals surface area contributed by atoms with Gasteiger partial charge in [0, 0.05) is 42.5 Å². The number of hydrogen-bond donors (Lipinski definition) is 1. The summed E-state index contributed by atoms with van der Waals surface area (Å²) in [4.78, 5) is 33.7. The zero-order chi connectivity index (χ0) is 18.1. The van der Waals surface area contributed by atoms with Crippen LogP contribution in [0.2, 0.25) is 0 Å². The van der Waals surface area contributed by atoms with Gasteiger partial charge >= 0.3 is 0 Å². The van der Waals surface area contributed by atoms with Crippen LogP contribution < -0.4 is 5.56 Å². The molecule has 0 aromatic carbocycles. The third-order valence-electron chi connectivity index (χ3n) is 4.97. The smallest absolute Gasteiger partial charge is 0.274 e. The standard InChI is InChI=1S/C19H21N5O2/c1-13-10-21-24(11-13)12-17(25)23-7-4-14(5-8-23)16-9-15-3-2-6-20-18(15)19(26)22-16/h2-3,6,9-11,14H,4-5,7-8,12H2,1H3,(H,22,26). The van der Waals surface area contributed by atoms with Crippen LogP contribution >= 0.6 is 0 Å². The molecule has 134 valence electrons. The third kappa shape index (κ3) is 3.24. The number of nitrogens with one attached hydrogen (secondary N) is 1. The maximum Gasteiger partial charge on any atom is 0.274 e. The first-order valence-electron chi connectivity index (χ1n) is 8.85. The highest BCUT2D eigenvalue weighted by Gasteiger charge is 2.25. The van der Waals surface area contributed by atoms with E-state index in [0.717, 1.165) is 29.5 Å². The molecule has 3 aromatic rings. The van der Waals surface area contributed by atoms with Crippen molar-refractivity contribution in [3.05, 3.63) is 58.4 Å². The number of H-pyrrole nitrogens is 1. The average molecular weight is 351 g/mol. The largest absolute Gasteiger partial charge is 0.341 e. The van der Waals surface area contributed by atoms with Gasteiger partial charge in [-0.25, -0.2) is 0 Å². The minimum Gasteiger partial charge on any atom is -0.341 e. The SMILES string of the molecule is Cc1cnn(CC(=O)N2CCC(c3cc4cccnc4c(=O)[nH]3)CC2)c1. The second kappa shape index (κ2) is 6.74. The molecule has 1 aliphatic heterocycles. The van der Waals surface area contributed by atoms with Crippen LogP contribution in [-0.4, -0.2) is 43.6 Å². The van der Waals surface area contributed by atoms with Gasteiger partial charge in [-0.3, -0.25) is 19.3 Å². The van der Waals surface area contributed by atoms with Crippen LogP contribution in [0.3, 0.4) is 0 Å². The lowest BCUT2D eigenvalue weighted by Gasteiger charge is -2.32. The lowest BCUT2D eigenvalue weighted by atomic mass is 9.92. The first-order chi connectivity index (χ1) is 12.6. The van der Waals surface area contributed by atoms with Gasteiger partial charge in [0.1, 0.15) is 12.1 Å². The van der Waals surface area contributed by atoms with Crippen molar-refractivity contribution in [1.82, 2.24) is 24.6 Å². The van der Waals surface area contributed by atoms with Gasteiger partial charge in [0.15, 0.2) is 0 Å². The number of aryl methyl sites for hydroxylation is 1. The fourth-order valence-corrected chi connectivity index (χ4v) is 3.57. The molecule has 7 nitrogen and oxygen atoms in total. The van der Waals surface area contributed by atoms with Crippen LogP contribution in [0.15, 0.2) is 41.6 Å². The summed E-state index contributed by atoms with van der Waals surface area (Å²) >= 11 is 0. The van der Waals surface area contributed by atoms with Crippen LogP contribution in [0.25, 0.3) is 10.9 Å². The first-order valence-corrected chi connectivity index (χ1v) is 8.85. The summed E-state index contributed by atoms with van der Waals surface area (Å²) < 4.78 is 1.68. The monoisotopic (exact) mass is 351 g/mol. The van der Waals surface area contributed by atoms with Crippen molar-refractivity contribution in [1.29, 1.82) is 0 Å². The number of rotatable bonds is 3. The lowest BCUT2D eigenvalue weighted by Crippen LogP contribution is -2.40. The maximum absolute atomic E-state index is 12.4. The minimum atomic E-state index is -0.148. The molecule has 0 saturated carbocycles. The number of hydrogen-bond acceptors (Lipinski definition) is 4. The summed E-state index contributed by atoms with van der Waals surface area (Å²) in [5, 5.41) is 5.04. The molecule has 4 heterocycles. The van der Waals surface area contributed by atoms with E-state index in [1.807, 2.05) is 36.2 Å². The van der Waals surface area contributed by atoms with Gasteiger partial charge in [-0.1, -0.05) is 6.07 Å². The van der Waals surface area contributed by atoms with Crippen molar-refractivity contribution in [2.75, 3.05) is 13.1 Å². The van der Waals surface area contributed by atoms with E-state index >= 15 is 0 Å². The van der Waals surface area contributed by atoms with Crippen molar-refractivity contribution >= 4 is 16.8 Å². The van der Waals surface area contributed by atoms with Crippen molar-refractivity contribution < 1.29 is 4.79 Å². The Labute approximate surface area is 150 Å². The number of aromatic amines is 1. The molecule has 3 aromatic heterocycles. The molecule has 0 bridgehead atoms. The van der Waals surface area contributed by atoms with Crippen LogP contribution in [0.5, 0.6) is 0 Å². The molecule has 1 aliphatic rings. The van der Waals surface area contributed by atoms with E-state index < -0.39 is 0 Å². The van der Waals surface area contributed by atoms with E-state index in [2.05, 4.69) is 15.1 Å². The number of pyridine rings is 2. The Morgan fingerprint density at radius 1 is 1.35 bits per heavy atom. The highest BCUT2D eigenvalue weighted by atomic mass is 16.2. The fraction of sp³-hybridized carbons (Fsp3) is 0.368. The molecule has 1 amide bonds. The zero-order valence-electron chi connectivity index (χ0n) is 14.7. The normalized spacial score (nSPS) is 15.5. The minimum absolute atomic E-state index is 0.0859. The average Bonchev–Trinajstić information content (AvgIpc) is 3.06. The number of likely N-dealkylation sites (tertiary alicyclic amines) is 1. The van der Waals surface area contributed by atoms with E-state index in [1.165, 1.54) is 0 Å². The Bertz CT molecular complexity index is 998. The summed E-state index contributed by atoms with van der Waals surface area (Å²) in [5.41, 5.74) is 2.31. The van der Waals surface area contributed by atoms with Gasteiger partial charge in [-0.2, -0.15) is 5.10 Å². The van der Waals surface area contributed by atoms with Gasteiger partial charge in [0.25, 0.3) is 5.56 Å². The van der Waals surface area contributed by atoms with Crippen LogP contribution in [0.1, 0.15) is 30.0 Å². The van der Waals surface area contributed by atoms with E-state index in [9.17, 15) is 9.59 Å². The van der Waals surface area contributed by atoms with E-state index in [4.69, 9.17) is 0 Å². The van der Waals surface area contributed by atoms with Crippen molar-refractivity contribution in [3.63, 3.8) is 0 Å². The molecule has 1 N–H and O–H groups in total. The number of fused-ring (bicyclic) bond motifs is 1. The quantitative estimate of drug-likeness (QED) is 0.780. The van der Waals surface area contributed by atoms with E-state index in [0.29, 0.717) is 18.6 Å². The molecular weight excluding hydrogens is 330 g/mol. The number of amides is 1. The summed E-state index contributed by atoms with van der Waals surface area (Å²) in [7, 11) is 0. The van der Waals surface area contributed by atoms with Gasteiger partial charge in [0.2, 0.25) is 5.91 Å². The van der Waals surface area contributed by atoms with Crippen LogP contribution in [-0.2, 0) is 11.3 Å². The van der Waals surface area contributed by atoms with Gasteiger partial charge in [0.05, 0.1) is 6.20 Å². The Morgan fingerprint density at radius 3 is 2.88 bits per heavy atom. The predicted molar refractivity (Wildman–Crippen MR) is 97.9 cm³/mol. The van der Waals surface area contributed by atoms with Gasteiger partial charge in [-0.15, -0.1) is 0 Å². The van der Waals surface area contributed by atoms with E-state index in [1.54, 1.807) is 17.1 Å². The highest BCUT2D eigenvalue weighted by Crippen LogP contribution is 2.27. The zero-order valence-corrected chi connectivity index (χ0v) is 14.7. The van der Waals surface area contributed by atoms with Gasteiger partial charge < -0.3 is 9.88 Å². The van der Waals surface area contributed by atoms with Crippen molar-refractivity contribution in [2.24, 2.45) is 0 Å².